The molecule has 1 saturated heterocycles. The first kappa shape index (κ1) is 14.2. The van der Waals surface area contributed by atoms with Crippen LogP contribution in [0.5, 0.6) is 5.75 Å². The Morgan fingerprint density at radius 2 is 2.32 bits per heavy atom. The molecule has 2 rings (SSSR count). The Hall–Kier alpha value is -1.17. The number of nitrogens with zero attached hydrogens (tertiary/aromatic N) is 1. The van der Waals surface area contributed by atoms with E-state index in [2.05, 4.69) is 4.90 Å². The number of aliphatic hydroxyl groups excluding tert-OH is 1. The molecule has 0 aromatic heterocycles. The van der Waals surface area contributed by atoms with Gasteiger partial charge >= 0.3 is 0 Å². The summed E-state index contributed by atoms with van der Waals surface area (Å²) in [5.41, 5.74) is 0.602. The third-order valence-electron chi connectivity index (χ3n) is 3.47. The lowest BCUT2D eigenvalue weighted by atomic mass is 10.1. The van der Waals surface area contributed by atoms with Crippen LogP contribution in [0.1, 0.15) is 12.5 Å². The van der Waals surface area contributed by atoms with E-state index in [1.165, 1.54) is 7.11 Å². The van der Waals surface area contributed by atoms with E-state index in [1.807, 2.05) is 6.92 Å². The molecular weight excluding hydrogens is 249 g/mol. The lowest BCUT2D eigenvalue weighted by molar-refractivity contribution is -0.0808. The second-order valence-corrected chi connectivity index (χ2v) is 4.85. The third kappa shape index (κ3) is 3.23. The molecule has 0 bridgehead atoms. The molecule has 0 spiro atoms. The Bertz CT molecular complexity index is 427. The fraction of sp³-hybridized carbons (Fsp3) is 0.571. The van der Waals surface area contributed by atoms with Crippen LogP contribution in [0.15, 0.2) is 18.2 Å². The van der Waals surface area contributed by atoms with Crippen molar-refractivity contribution in [1.29, 1.82) is 0 Å². The average molecular weight is 269 g/mol. The van der Waals surface area contributed by atoms with Crippen molar-refractivity contribution in [3.63, 3.8) is 0 Å². The summed E-state index contributed by atoms with van der Waals surface area (Å²) >= 11 is 0. The minimum Gasteiger partial charge on any atom is -0.494 e. The molecule has 1 aromatic rings. The summed E-state index contributed by atoms with van der Waals surface area (Å²) in [5.74, 6) is -0.0543. The summed E-state index contributed by atoms with van der Waals surface area (Å²) in [7, 11) is 1.46. The minimum atomic E-state index is -0.316. The lowest BCUT2D eigenvalue weighted by Gasteiger charge is -2.37. The summed E-state index contributed by atoms with van der Waals surface area (Å²) in [6.07, 6.45) is -0.190. The largest absolute Gasteiger partial charge is 0.494 e. The van der Waals surface area contributed by atoms with Crippen molar-refractivity contribution in [2.24, 2.45) is 0 Å². The monoisotopic (exact) mass is 269 g/mol. The number of benzene rings is 1. The maximum atomic E-state index is 14.1. The van der Waals surface area contributed by atoms with E-state index in [-0.39, 0.29) is 30.3 Å². The highest BCUT2D eigenvalue weighted by Crippen LogP contribution is 2.23. The van der Waals surface area contributed by atoms with E-state index < -0.39 is 0 Å². The Balaban J connectivity index is 2.11. The molecule has 1 aromatic carbocycles. The van der Waals surface area contributed by atoms with Gasteiger partial charge in [0.25, 0.3) is 0 Å². The molecule has 106 valence electrons. The lowest BCUT2D eigenvalue weighted by Crippen LogP contribution is -2.48. The molecule has 19 heavy (non-hydrogen) atoms. The first-order valence-corrected chi connectivity index (χ1v) is 6.43. The van der Waals surface area contributed by atoms with E-state index in [0.29, 0.717) is 25.3 Å². The predicted octanol–water partition coefficient (Wildman–Crippen LogP) is 1.42. The third-order valence-corrected chi connectivity index (χ3v) is 3.47. The highest BCUT2D eigenvalue weighted by molar-refractivity contribution is 5.31. The fourth-order valence-electron chi connectivity index (χ4n) is 2.26. The van der Waals surface area contributed by atoms with Gasteiger partial charge in [0.05, 0.1) is 26.4 Å². The van der Waals surface area contributed by atoms with Gasteiger partial charge in [-0.3, -0.25) is 4.90 Å². The zero-order chi connectivity index (χ0) is 13.8. The van der Waals surface area contributed by atoms with Gasteiger partial charge in [0.1, 0.15) is 0 Å². The first-order valence-electron chi connectivity index (χ1n) is 6.43. The quantitative estimate of drug-likeness (QED) is 0.897. The van der Waals surface area contributed by atoms with Gasteiger partial charge in [0.15, 0.2) is 11.6 Å². The number of methoxy groups -OCH3 is 1. The summed E-state index contributed by atoms with van der Waals surface area (Å²) in [6, 6.07) is 5.35. The van der Waals surface area contributed by atoms with E-state index in [4.69, 9.17) is 14.6 Å². The van der Waals surface area contributed by atoms with E-state index in [1.54, 1.807) is 18.2 Å². The van der Waals surface area contributed by atoms with Crippen molar-refractivity contribution in [2.45, 2.75) is 25.6 Å². The van der Waals surface area contributed by atoms with Gasteiger partial charge in [-0.2, -0.15) is 0 Å². The normalized spacial score (nSPS) is 24.4. The van der Waals surface area contributed by atoms with Crippen LogP contribution in [0.4, 0.5) is 4.39 Å². The number of hydrogen-bond acceptors (Lipinski definition) is 4. The van der Waals surface area contributed by atoms with Gasteiger partial charge < -0.3 is 14.6 Å². The maximum absolute atomic E-state index is 14.1. The minimum absolute atomic E-state index is 0.0101. The molecule has 2 unspecified atom stereocenters. The van der Waals surface area contributed by atoms with Crippen molar-refractivity contribution >= 4 is 0 Å². The van der Waals surface area contributed by atoms with Crippen LogP contribution in [0.3, 0.4) is 0 Å². The Morgan fingerprint density at radius 3 is 3.00 bits per heavy atom. The Kier molecular flexibility index (Phi) is 4.74. The van der Waals surface area contributed by atoms with Crippen LogP contribution >= 0.6 is 0 Å². The summed E-state index contributed by atoms with van der Waals surface area (Å²) < 4.78 is 24.6. The summed E-state index contributed by atoms with van der Waals surface area (Å²) in [6.45, 7) is 3.67. The topological polar surface area (TPSA) is 41.9 Å². The number of rotatable bonds is 4. The molecule has 0 radical (unpaired) electrons. The molecule has 0 aliphatic carbocycles. The number of halogens is 1. The van der Waals surface area contributed by atoms with E-state index in [9.17, 15) is 4.39 Å². The van der Waals surface area contributed by atoms with Crippen LogP contribution in [0, 0.1) is 5.82 Å². The van der Waals surface area contributed by atoms with Gasteiger partial charge in [-0.15, -0.1) is 0 Å². The molecule has 0 amide bonds. The molecule has 2 atom stereocenters. The predicted molar refractivity (Wildman–Crippen MR) is 69.6 cm³/mol. The highest BCUT2D eigenvalue weighted by Gasteiger charge is 2.26. The van der Waals surface area contributed by atoms with Crippen LogP contribution in [0.2, 0.25) is 0 Å². The zero-order valence-corrected chi connectivity index (χ0v) is 11.3. The highest BCUT2D eigenvalue weighted by atomic mass is 19.1. The molecule has 5 heteroatoms. The Labute approximate surface area is 112 Å². The second-order valence-electron chi connectivity index (χ2n) is 4.85. The van der Waals surface area contributed by atoms with Crippen molar-refractivity contribution in [2.75, 3.05) is 26.9 Å². The van der Waals surface area contributed by atoms with Crippen LogP contribution in [0.25, 0.3) is 0 Å². The smallest absolute Gasteiger partial charge is 0.169 e. The van der Waals surface area contributed by atoms with Crippen molar-refractivity contribution < 1.29 is 19.0 Å². The molecule has 1 N–H and O–H groups in total. The SMILES string of the molecule is COc1cccc(CN2CC(CO)OCC2C)c1F. The molecule has 1 heterocycles. The van der Waals surface area contributed by atoms with Gasteiger partial charge in [-0.05, 0) is 13.0 Å². The maximum Gasteiger partial charge on any atom is 0.169 e. The van der Waals surface area contributed by atoms with Crippen molar-refractivity contribution in [1.82, 2.24) is 4.90 Å². The standard InChI is InChI=1S/C14H20FNO3/c1-10-9-19-12(8-17)7-16(10)6-11-4-3-5-13(18-2)14(11)15/h3-5,10,12,17H,6-9H2,1-2H3. The van der Waals surface area contributed by atoms with Gasteiger partial charge in [-0.1, -0.05) is 12.1 Å². The van der Waals surface area contributed by atoms with Crippen molar-refractivity contribution in [3.8, 4) is 5.75 Å². The van der Waals surface area contributed by atoms with Gasteiger partial charge in [0, 0.05) is 24.7 Å². The molecule has 4 nitrogen and oxygen atoms in total. The zero-order valence-electron chi connectivity index (χ0n) is 11.3. The average Bonchev–Trinajstić information content (AvgIpc) is 2.43. The number of morpholine rings is 1. The Morgan fingerprint density at radius 1 is 1.53 bits per heavy atom. The molecule has 1 fully saturated rings. The van der Waals surface area contributed by atoms with Gasteiger partial charge in [0.2, 0.25) is 0 Å². The van der Waals surface area contributed by atoms with E-state index in [0.717, 1.165) is 0 Å². The molecule has 0 saturated carbocycles. The second kappa shape index (κ2) is 6.32. The molecule has 1 aliphatic heterocycles. The summed E-state index contributed by atoms with van der Waals surface area (Å²) in [5, 5.41) is 9.15. The number of aliphatic hydroxyl groups is 1. The van der Waals surface area contributed by atoms with Crippen LogP contribution in [-0.2, 0) is 11.3 Å². The first-order chi connectivity index (χ1) is 9.15. The van der Waals surface area contributed by atoms with Crippen LogP contribution < -0.4 is 4.74 Å². The molecular formula is C14H20FNO3. The fourth-order valence-corrected chi connectivity index (χ4v) is 2.26. The van der Waals surface area contributed by atoms with E-state index >= 15 is 0 Å². The number of hydrogen-bond donors (Lipinski definition) is 1. The van der Waals surface area contributed by atoms with Crippen LogP contribution in [-0.4, -0.2) is 49.0 Å². The molecule has 1 aliphatic rings. The number of ether oxygens (including phenoxy) is 2. The van der Waals surface area contributed by atoms with Crippen molar-refractivity contribution in [3.05, 3.63) is 29.6 Å². The summed E-state index contributed by atoms with van der Waals surface area (Å²) in [4.78, 5) is 2.11. The van der Waals surface area contributed by atoms with Gasteiger partial charge in [-0.25, -0.2) is 4.39 Å².